The standard InChI is InChI=1S/C19H16O3/c1-21-14-10-11-18(22-2)17(12-14)19(20)16-9-5-7-13-6-3-4-8-15(13)16/h3-12H,1-2H3. The molecule has 3 aromatic rings. The van der Waals surface area contributed by atoms with Gasteiger partial charge >= 0.3 is 0 Å². The van der Waals surface area contributed by atoms with Crippen LogP contribution in [-0.4, -0.2) is 20.0 Å². The van der Waals surface area contributed by atoms with Crippen LogP contribution in [0, 0.1) is 0 Å². The fourth-order valence-electron chi connectivity index (χ4n) is 2.56. The van der Waals surface area contributed by atoms with Crippen molar-refractivity contribution in [1.82, 2.24) is 0 Å². The Bertz CT molecular complexity index is 832. The Balaban J connectivity index is 2.18. The molecule has 0 bridgehead atoms. The summed E-state index contributed by atoms with van der Waals surface area (Å²) in [6.07, 6.45) is 0. The van der Waals surface area contributed by atoms with E-state index in [0.29, 0.717) is 22.6 Å². The Kier molecular flexibility index (Phi) is 3.79. The molecule has 0 amide bonds. The lowest BCUT2D eigenvalue weighted by Crippen LogP contribution is -2.05. The van der Waals surface area contributed by atoms with Gasteiger partial charge in [0.25, 0.3) is 0 Å². The van der Waals surface area contributed by atoms with Gasteiger partial charge in [0.15, 0.2) is 5.78 Å². The van der Waals surface area contributed by atoms with Crippen LogP contribution >= 0.6 is 0 Å². The molecule has 0 N–H and O–H groups in total. The zero-order valence-electron chi connectivity index (χ0n) is 12.5. The molecule has 0 aliphatic heterocycles. The Morgan fingerprint density at radius 3 is 2.36 bits per heavy atom. The molecule has 0 saturated heterocycles. The molecule has 0 saturated carbocycles. The second kappa shape index (κ2) is 5.90. The maximum Gasteiger partial charge on any atom is 0.197 e. The number of carbonyl (C=O) groups excluding carboxylic acids is 1. The van der Waals surface area contributed by atoms with Gasteiger partial charge in [-0.15, -0.1) is 0 Å². The van der Waals surface area contributed by atoms with E-state index in [9.17, 15) is 4.79 Å². The fraction of sp³-hybridized carbons (Fsp3) is 0.105. The van der Waals surface area contributed by atoms with E-state index in [4.69, 9.17) is 9.47 Å². The first kappa shape index (κ1) is 14.1. The molecule has 3 rings (SSSR count). The van der Waals surface area contributed by atoms with Gasteiger partial charge in [0.2, 0.25) is 0 Å². The third-order valence-corrected chi connectivity index (χ3v) is 3.69. The number of ether oxygens (including phenoxy) is 2. The summed E-state index contributed by atoms with van der Waals surface area (Å²) >= 11 is 0. The van der Waals surface area contributed by atoms with Crippen molar-refractivity contribution in [2.45, 2.75) is 0 Å². The van der Waals surface area contributed by atoms with Crippen LogP contribution in [0.25, 0.3) is 10.8 Å². The SMILES string of the molecule is COc1ccc(OC)c(C(=O)c2cccc3ccccc23)c1. The van der Waals surface area contributed by atoms with Gasteiger partial charge in [-0.25, -0.2) is 0 Å². The van der Waals surface area contributed by atoms with Crippen molar-refractivity contribution in [3.63, 3.8) is 0 Å². The first-order valence-corrected chi connectivity index (χ1v) is 6.99. The van der Waals surface area contributed by atoms with E-state index >= 15 is 0 Å². The van der Waals surface area contributed by atoms with Gasteiger partial charge < -0.3 is 9.47 Å². The van der Waals surface area contributed by atoms with E-state index in [-0.39, 0.29) is 5.78 Å². The van der Waals surface area contributed by atoms with E-state index in [1.54, 1.807) is 32.4 Å². The second-order valence-electron chi connectivity index (χ2n) is 4.92. The first-order valence-electron chi connectivity index (χ1n) is 6.99. The van der Waals surface area contributed by atoms with Crippen LogP contribution in [0.2, 0.25) is 0 Å². The quantitative estimate of drug-likeness (QED) is 0.679. The van der Waals surface area contributed by atoms with E-state index in [1.165, 1.54) is 0 Å². The van der Waals surface area contributed by atoms with Crippen LogP contribution in [0.3, 0.4) is 0 Å². The first-order chi connectivity index (χ1) is 10.7. The van der Waals surface area contributed by atoms with Crippen LogP contribution in [0.1, 0.15) is 15.9 Å². The molecule has 0 fully saturated rings. The fourth-order valence-corrected chi connectivity index (χ4v) is 2.56. The predicted octanol–water partition coefficient (Wildman–Crippen LogP) is 4.09. The largest absolute Gasteiger partial charge is 0.497 e. The molecule has 110 valence electrons. The molecule has 0 aromatic heterocycles. The van der Waals surface area contributed by atoms with Crippen molar-refractivity contribution >= 4 is 16.6 Å². The van der Waals surface area contributed by atoms with Crippen LogP contribution in [0.4, 0.5) is 0 Å². The molecule has 0 radical (unpaired) electrons. The molecule has 0 spiro atoms. The van der Waals surface area contributed by atoms with Gasteiger partial charge in [0.1, 0.15) is 11.5 Å². The predicted molar refractivity (Wildman–Crippen MR) is 86.9 cm³/mol. The van der Waals surface area contributed by atoms with Crippen LogP contribution < -0.4 is 9.47 Å². The third kappa shape index (κ3) is 2.42. The van der Waals surface area contributed by atoms with Crippen molar-refractivity contribution in [3.05, 3.63) is 71.8 Å². The van der Waals surface area contributed by atoms with E-state index in [1.807, 2.05) is 42.5 Å². The van der Waals surface area contributed by atoms with Crippen LogP contribution in [0.15, 0.2) is 60.7 Å². The zero-order valence-corrected chi connectivity index (χ0v) is 12.5. The molecule has 0 aliphatic rings. The van der Waals surface area contributed by atoms with Crippen molar-refractivity contribution in [2.24, 2.45) is 0 Å². The monoisotopic (exact) mass is 292 g/mol. The number of rotatable bonds is 4. The molecular weight excluding hydrogens is 276 g/mol. The minimum Gasteiger partial charge on any atom is -0.497 e. The Morgan fingerprint density at radius 1 is 0.818 bits per heavy atom. The summed E-state index contributed by atoms with van der Waals surface area (Å²) in [6.45, 7) is 0. The molecular formula is C19H16O3. The number of fused-ring (bicyclic) bond motifs is 1. The van der Waals surface area contributed by atoms with Crippen molar-refractivity contribution < 1.29 is 14.3 Å². The minimum absolute atomic E-state index is 0.0763. The van der Waals surface area contributed by atoms with Gasteiger partial charge in [-0.2, -0.15) is 0 Å². The molecule has 0 heterocycles. The highest BCUT2D eigenvalue weighted by molar-refractivity contribution is 6.17. The zero-order chi connectivity index (χ0) is 15.5. The third-order valence-electron chi connectivity index (χ3n) is 3.69. The lowest BCUT2D eigenvalue weighted by molar-refractivity contribution is 0.103. The molecule has 3 nitrogen and oxygen atoms in total. The molecule has 0 aliphatic carbocycles. The van der Waals surface area contributed by atoms with Crippen LogP contribution in [0.5, 0.6) is 11.5 Å². The van der Waals surface area contributed by atoms with Gasteiger partial charge in [-0.3, -0.25) is 4.79 Å². The molecule has 0 atom stereocenters. The van der Waals surface area contributed by atoms with Crippen LogP contribution in [-0.2, 0) is 0 Å². The maximum absolute atomic E-state index is 13.0. The van der Waals surface area contributed by atoms with Gasteiger partial charge in [-0.05, 0) is 29.0 Å². The molecule has 0 unspecified atom stereocenters. The summed E-state index contributed by atoms with van der Waals surface area (Å²) < 4.78 is 10.5. The van der Waals surface area contributed by atoms with Gasteiger partial charge in [0.05, 0.1) is 19.8 Å². The second-order valence-corrected chi connectivity index (χ2v) is 4.92. The number of carbonyl (C=O) groups is 1. The molecule has 22 heavy (non-hydrogen) atoms. The van der Waals surface area contributed by atoms with Crippen molar-refractivity contribution in [1.29, 1.82) is 0 Å². The van der Waals surface area contributed by atoms with Gasteiger partial charge in [0, 0.05) is 5.56 Å². The highest BCUT2D eigenvalue weighted by Crippen LogP contribution is 2.29. The maximum atomic E-state index is 13.0. The number of benzene rings is 3. The average molecular weight is 292 g/mol. The molecule has 3 heteroatoms. The Hall–Kier alpha value is -2.81. The number of hydrogen-bond donors (Lipinski definition) is 0. The van der Waals surface area contributed by atoms with Gasteiger partial charge in [-0.1, -0.05) is 42.5 Å². The Labute approximate surface area is 129 Å². The smallest absolute Gasteiger partial charge is 0.197 e. The minimum atomic E-state index is -0.0763. The highest BCUT2D eigenvalue weighted by Gasteiger charge is 2.17. The molecule has 3 aromatic carbocycles. The van der Waals surface area contributed by atoms with E-state index in [0.717, 1.165) is 10.8 Å². The number of methoxy groups -OCH3 is 2. The number of ketones is 1. The lowest BCUT2D eigenvalue weighted by atomic mass is 9.96. The lowest BCUT2D eigenvalue weighted by Gasteiger charge is -2.11. The van der Waals surface area contributed by atoms with Crippen molar-refractivity contribution in [3.8, 4) is 11.5 Å². The van der Waals surface area contributed by atoms with E-state index in [2.05, 4.69) is 0 Å². The van der Waals surface area contributed by atoms with Crippen molar-refractivity contribution in [2.75, 3.05) is 14.2 Å². The van der Waals surface area contributed by atoms with E-state index < -0.39 is 0 Å². The summed E-state index contributed by atoms with van der Waals surface area (Å²) in [7, 11) is 3.13. The average Bonchev–Trinajstić information content (AvgIpc) is 2.60. The Morgan fingerprint density at radius 2 is 1.59 bits per heavy atom. The number of hydrogen-bond acceptors (Lipinski definition) is 3. The summed E-state index contributed by atoms with van der Waals surface area (Å²) in [5.74, 6) is 1.09. The highest BCUT2D eigenvalue weighted by atomic mass is 16.5. The summed E-state index contributed by atoms with van der Waals surface area (Å²) in [4.78, 5) is 13.0. The summed E-state index contributed by atoms with van der Waals surface area (Å²) in [5, 5.41) is 1.97. The summed E-state index contributed by atoms with van der Waals surface area (Å²) in [5.41, 5.74) is 1.16. The topological polar surface area (TPSA) is 35.5 Å². The normalized spacial score (nSPS) is 10.5. The summed E-state index contributed by atoms with van der Waals surface area (Å²) in [6, 6.07) is 18.8.